The summed E-state index contributed by atoms with van der Waals surface area (Å²) in [6, 6.07) is 5.93. The fourth-order valence-electron chi connectivity index (χ4n) is 2.37. The standard InChI is InChI=1S/C16H23NO4/c1-12(16(18)19)10-17(2)11-13-5-6-14-15(9-13)21-8-4-3-7-20-14/h5-6,9,12H,3-4,7-8,10-11H2,1-2H3,(H,18,19). The molecule has 0 amide bonds. The molecule has 21 heavy (non-hydrogen) atoms. The lowest BCUT2D eigenvalue weighted by Gasteiger charge is -2.21. The van der Waals surface area contributed by atoms with Crippen LogP contribution < -0.4 is 9.47 Å². The number of hydrogen-bond donors (Lipinski definition) is 1. The Hall–Kier alpha value is -1.75. The molecule has 1 aliphatic heterocycles. The van der Waals surface area contributed by atoms with E-state index in [0.717, 1.165) is 36.5 Å². The van der Waals surface area contributed by atoms with E-state index in [0.29, 0.717) is 19.7 Å². The Labute approximate surface area is 125 Å². The molecule has 0 spiro atoms. The number of hydrogen-bond acceptors (Lipinski definition) is 4. The van der Waals surface area contributed by atoms with Gasteiger partial charge in [0.15, 0.2) is 11.5 Å². The molecule has 1 unspecified atom stereocenters. The number of ether oxygens (including phenoxy) is 2. The third-order valence-electron chi connectivity index (χ3n) is 3.52. The average molecular weight is 293 g/mol. The SMILES string of the molecule is CC(CN(C)Cc1ccc2c(c1)OCCCCO2)C(=O)O. The molecule has 2 rings (SSSR count). The molecule has 1 atom stereocenters. The molecule has 5 heteroatoms. The summed E-state index contributed by atoms with van der Waals surface area (Å²) in [5, 5.41) is 8.95. The molecule has 0 bridgehead atoms. The number of rotatable bonds is 5. The second-order valence-electron chi connectivity index (χ2n) is 5.62. The lowest BCUT2D eigenvalue weighted by Crippen LogP contribution is -2.28. The van der Waals surface area contributed by atoms with Crippen LogP contribution in [0.3, 0.4) is 0 Å². The molecule has 0 aromatic heterocycles. The van der Waals surface area contributed by atoms with E-state index < -0.39 is 5.97 Å². The van der Waals surface area contributed by atoms with E-state index in [9.17, 15) is 4.79 Å². The van der Waals surface area contributed by atoms with Crippen molar-refractivity contribution in [1.29, 1.82) is 0 Å². The monoisotopic (exact) mass is 293 g/mol. The van der Waals surface area contributed by atoms with Crippen molar-refractivity contribution in [3.05, 3.63) is 23.8 Å². The van der Waals surface area contributed by atoms with Crippen molar-refractivity contribution < 1.29 is 19.4 Å². The van der Waals surface area contributed by atoms with Gasteiger partial charge >= 0.3 is 5.97 Å². The lowest BCUT2D eigenvalue weighted by molar-refractivity contribution is -0.141. The Bertz CT molecular complexity index is 489. The van der Waals surface area contributed by atoms with Crippen molar-refractivity contribution in [1.82, 2.24) is 4.90 Å². The fourth-order valence-corrected chi connectivity index (χ4v) is 2.37. The highest BCUT2D eigenvalue weighted by atomic mass is 16.5. The Balaban J connectivity index is 2.00. The van der Waals surface area contributed by atoms with E-state index in [1.807, 2.05) is 30.1 Å². The maximum absolute atomic E-state index is 10.9. The van der Waals surface area contributed by atoms with Crippen LogP contribution in [0, 0.1) is 5.92 Å². The van der Waals surface area contributed by atoms with Gasteiger partial charge in [0.05, 0.1) is 19.1 Å². The van der Waals surface area contributed by atoms with Crippen molar-refractivity contribution >= 4 is 5.97 Å². The summed E-state index contributed by atoms with van der Waals surface area (Å²) in [6.45, 7) is 4.37. The minimum atomic E-state index is -0.767. The first kappa shape index (κ1) is 15.6. The molecule has 1 N–H and O–H groups in total. The number of carbonyl (C=O) groups is 1. The van der Waals surface area contributed by atoms with Gasteiger partial charge in [0.1, 0.15) is 0 Å². The Morgan fingerprint density at radius 2 is 1.95 bits per heavy atom. The minimum Gasteiger partial charge on any atom is -0.490 e. The van der Waals surface area contributed by atoms with Gasteiger partial charge in [-0.2, -0.15) is 0 Å². The van der Waals surface area contributed by atoms with Crippen molar-refractivity contribution in [2.45, 2.75) is 26.3 Å². The summed E-state index contributed by atoms with van der Waals surface area (Å²) < 4.78 is 11.4. The van der Waals surface area contributed by atoms with Crippen LogP contribution >= 0.6 is 0 Å². The summed E-state index contributed by atoms with van der Waals surface area (Å²) >= 11 is 0. The van der Waals surface area contributed by atoms with Crippen molar-refractivity contribution in [2.24, 2.45) is 5.92 Å². The first-order valence-electron chi connectivity index (χ1n) is 7.36. The van der Waals surface area contributed by atoms with E-state index in [1.165, 1.54) is 0 Å². The van der Waals surface area contributed by atoms with Gasteiger partial charge in [-0.05, 0) is 37.6 Å². The van der Waals surface area contributed by atoms with Crippen LogP contribution in [0.25, 0.3) is 0 Å². The molecule has 0 saturated carbocycles. The normalized spacial score (nSPS) is 16.1. The van der Waals surface area contributed by atoms with E-state index in [4.69, 9.17) is 14.6 Å². The average Bonchev–Trinajstić information content (AvgIpc) is 2.40. The molecule has 1 aliphatic rings. The predicted molar refractivity (Wildman–Crippen MR) is 79.8 cm³/mol. The lowest BCUT2D eigenvalue weighted by atomic mass is 10.1. The van der Waals surface area contributed by atoms with Gasteiger partial charge in [-0.25, -0.2) is 0 Å². The van der Waals surface area contributed by atoms with Crippen LogP contribution in [0.2, 0.25) is 0 Å². The quantitative estimate of drug-likeness (QED) is 0.903. The predicted octanol–water partition coefficient (Wildman–Crippen LogP) is 2.39. The summed E-state index contributed by atoms with van der Waals surface area (Å²) in [4.78, 5) is 12.9. The van der Waals surface area contributed by atoms with Gasteiger partial charge in [-0.15, -0.1) is 0 Å². The zero-order chi connectivity index (χ0) is 15.2. The minimum absolute atomic E-state index is 0.376. The van der Waals surface area contributed by atoms with Crippen molar-refractivity contribution in [2.75, 3.05) is 26.8 Å². The number of benzene rings is 1. The number of fused-ring (bicyclic) bond motifs is 1. The summed E-state index contributed by atoms with van der Waals surface area (Å²) in [5.41, 5.74) is 1.10. The number of aliphatic carboxylic acids is 1. The molecule has 0 radical (unpaired) electrons. The topological polar surface area (TPSA) is 59.0 Å². The molecule has 1 heterocycles. The highest BCUT2D eigenvalue weighted by Gasteiger charge is 2.15. The first-order valence-corrected chi connectivity index (χ1v) is 7.36. The number of carboxylic acid groups (broad SMARTS) is 1. The van der Waals surface area contributed by atoms with Gasteiger partial charge < -0.3 is 19.5 Å². The zero-order valence-corrected chi connectivity index (χ0v) is 12.7. The van der Waals surface area contributed by atoms with Crippen LogP contribution in [-0.4, -0.2) is 42.8 Å². The summed E-state index contributed by atoms with van der Waals surface area (Å²) in [7, 11) is 1.92. The van der Waals surface area contributed by atoms with E-state index >= 15 is 0 Å². The van der Waals surface area contributed by atoms with Gasteiger partial charge in [0, 0.05) is 13.1 Å². The van der Waals surface area contributed by atoms with Crippen molar-refractivity contribution in [3.63, 3.8) is 0 Å². The maximum Gasteiger partial charge on any atom is 0.307 e. The largest absolute Gasteiger partial charge is 0.490 e. The molecule has 0 aliphatic carbocycles. The van der Waals surface area contributed by atoms with E-state index in [-0.39, 0.29) is 5.92 Å². The Morgan fingerprint density at radius 3 is 2.62 bits per heavy atom. The maximum atomic E-state index is 10.9. The Kier molecular flexibility index (Phi) is 5.44. The van der Waals surface area contributed by atoms with E-state index in [1.54, 1.807) is 6.92 Å². The Morgan fingerprint density at radius 1 is 1.29 bits per heavy atom. The van der Waals surface area contributed by atoms with Crippen LogP contribution in [0.15, 0.2) is 18.2 Å². The first-order chi connectivity index (χ1) is 10.1. The van der Waals surface area contributed by atoms with Crippen molar-refractivity contribution in [3.8, 4) is 11.5 Å². The molecule has 0 saturated heterocycles. The van der Waals surface area contributed by atoms with Gasteiger partial charge in [-0.1, -0.05) is 13.0 Å². The smallest absolute Gasteiger partial charge is 0.307 e. The molecular weight excluding hydrogens is 270 g/mol. The molecular formula is C16H23NO4. The number of carboxylic acids is 1. The zero-order valence-electron chi connectivity index (χ0n) is 12.7. The summed E-state index contributed by atoms with van der Waals surface area (Å²) in [5.74, 6) is 0.433. The molecule has 116 valence electrons. The van der Waals surface area contributed by atoms with Crippen LogP contribution in [0.4, 0.5) is 0 Å². The van der Waals surface area contributed by atoms with Gasteiger partial charge in [-0.3, -0.25) is 4.79 Å². The summed E-state index contributed by atoms with van der Waals surface area (Å²) in [6.07, 6.45) is 2.01. The highest BCUT2D eigenvalue weighted by Crippen LogP contribution is 2.30. The van der Waals surface area contributed by atoms with E-state index in [2.05, 4.69) is 0 Å². The van der Waals surface area contributed by atoms with Gasteiger partial charge in [0.2, 0.25) is 0 Å². The van der Waals surface area contributed by atoms with Gasteiger partial charge in [0.25, 0.3) is 0 Å². The molecule has 1 aromatic rings. The third-order valence-corrected chi connectivity index (χ3v) is 3.52. The molecule has 5 nitrogen and oxygen atoms in total. The highest BCUT2D eigenvalue weighted by molar-refractivity contribution is 5.69. The third kappa shape index (κ3) is 4.63. The molecule has 1 aromatic carbocycles. The second kappa shape index (κ2) is 7.31. The number of nitrogens with zero attached hydrogens (tertiary/aromatic N) is 1. The fraction of sp³-hybridized carbons (Fsp3) is 0.562. The molecule has 0 fully saturated rings. The van der Waals surface area contributed by atoms with Crippen LogP contribution in [-0.2, 0) is 11.3 Å². The van der Waals surface area contributed by atoms with Crippen LogP contribution in [0.5, 0.6) is 11.5 Å². The van der Waals surface area contributed by atoms with Crippen LogP contribution in [0.1, 0.15) is 25.3 Å². The second-order valence-corrected chi connectivity index (χ2v) is 5.62.